The Morgan fingerprint density at radius 1 is 1.15 bits per heavy atom. The number of hydrogen-bond donors (Lipinski definition) is 4. The minimum Gasteiger partial charge on any atom is -0.497 e. The van der Waals surface area contributed by atoms with E-state index in [9.17, 15) is 4.79 Å². The fourth-order valence-corrected chi connectivity index (χ4v) is 2.97. The van der Waals surface area contributed by atoms with Gasteiger partial charge in [0.15, 0.2) is 16.8 Å². The van der Waals surface area contributed by atoms with Crippen LogP contribution in [-0.2, 0) is 0 Å². The van der Waals surface area contributed by atoms with Crippen molar-refractivity contribution in [3.05, 3.63) is 46.7 Å². The van der Waals surface area contributed by atoms with Crippen LogP contribution in [0, 0.1) is 13.8 Å². The number of benzene rings is 1. The van der Waals surface area contributed by atoms with Crippen LogP contribution in [0.3, 0.4) is 0 Å². The van der Waals surface area contributed by atoms with Crippen molar-refractivity contribution in [2.45, 2.75) is 13.8 Å². The maximum Gasteiger partial charge on any atom is 0.269 e. The van der Waals surface area contributed by atoms with E-state index in [2.05, 4.69) is 31.1 Å². The number of nitrogens with zero attached hydrogens (tertiary/aromatic N) is 3. The molecule has 0 fully saturated rings. The van der Waals surface area contributed by atoms with Gasteiger partial charge in [0.1, 0.15) is 17.8 Å². The highest BCUT2D eigenvalue weighted by atomic mass is 32.1. The Hall–Kier alpha value is -3.40. The maximum atomic E-state index is 12.2. The lowest BCUT2D eigenvalue weighted by Gasteiger charge is -2.12. The van der Waals surface area contributed by atoms with Crippen molar-refractivity contribution in [3.63, 3.8) is 0 Å². The molecule has 0 atom stereocenters. The molecule has 0 saturated carbocycles. The lowest BCUT2D eigenvalue weighted by molar-refractivity contribution is 0.0962. The van der Waals surface area contributed by atoms with E-state index in [-0.39, 0.29) is 17.4 Å². The number of nitrogen functional groups attached to an aromatic ring is 1. The van der Waals surface area contributed by atoms with Gasteiger partial charge in [0.2, 0.25) is 0 Å². The highest BCUT2D eigenvalue weighted by Gasteiger charge is 2.12. The summed E-state index contributed by atoms with van der Waals surface area (Å²) < 4.78 is 5.07. The summed E-state index contributed by atoms with van der Waals surface area (Å²) in [6.07, 6.45) is 1.34. The minimum absolute atomic E-state index is 0.262. The molecule has 2 aromatic heterocycles. The van der Waals surface area contributed by atoms with Gasteiger partial charge in [-0.1, -0.05) is 0 Å². The van der Waals surface area contributed by atoms with E-state index in [1.54, 1.807) is 31.4 Å². The Labute approximate surface area is 160 Å². The molecule has 0 saturated heterocycles. The third-order valence-corrected chi connectivity index (χ3v) is 4.77. The highest BCUT2D eigenvalue weighted by Crippen LogP contribution is 2.28. The number of carbonyl (C=O) groups excluding carboxylic acids is 1. The maximum absolute atomic E-state index is 12.2. The van der Waals surface area contributed by atoms with Crippen molar-refractivity contribution in [1.82, 2.24) is 20.4 Å². The molecule has 3 aromatic rings. The number of ether oxygens (including phenoxy) is 1. The van der Waals surface area contributed by atoms with E-state index in [1.807, 2.05) is 13.8 Å². The lowest BCUT2D eigenvalue weighted by Crippen LogP contribution is -2.30. The van der Waals surface area contributed by atoms with Crippen molar-refractivity contribution in [1.29, 1.82) is 0 Å². The van der Waals surface area contributed by atoms with Gasteiger partial charge in [0.05, 0.1) is 12.8 Å². The van der Waals surface area contributed by atoms with E-state index >= 15 is 0 Å². The molecular weight excluding hydrogens is 366 g/mol. The zero-order chi connectivity index (χ0) is 19.4. The molecule has 2 heterocycles. The smallest absolute Gasteiger partial charge is 0.269 e. The Balaban J connectivity index is 1.68. The molecule has 0 spiro atoms. The quantitative estimate of drug-likeness (QED) is 0.477. The summed E-state index contributed by atoms with van der Waals surface area (Å²) in [5.41, 5.74) is 13.0. The van der Waals surface area contributed by atoms with Crippen molar-refractivity contribution < 1.29 is 9.53 Å². The average molecular weight is 385 g/mol. The first kappa shape index (κ1) is 18.4. The number of anilines is 4. The van der Waals surface area contributed by atoms with Crippen LogP contribution >= 0.6 is 11.3 Å². The van der Waals surface area contributed by atoms with Crippen molar-refractivity contribution in [2.75, 3.05) is 23.6 Å². The fourth-order valence-electron chi connectivity index (χ4n) is 2.15. The standard InChI is InChI=1S/C17H19N7O2S/c1-9-10(2)27-17(21-9)22-14-13(18)15(20-8-19-14)23-24-16(25)11-4-6-12(26-3)7-5-11/h4-8H,18H2,1-3H3,(H,24,25)(H2,19,20,21,22,23). The number of thiazole rings is 1. The molecule has 5 N–H and O–H groups in total. The number of amides is 1. The van der Waals surface area contributed by atoms with Crippen LogP contribution in [0.5, 0.6) is 5.75 Å². The van der Waals surface area contributed by atoms with E-state index in [1.165, 1.54) is 17.7 Å². The number of aryl methyl sites for hydroxylation is 2. The number of hydrogen-bond acceptors (Lipinski definition) is 9. The summed E-state index contributed by atoms with van der Waals surface area (Å²) in [7, 11) is 1.56. The number of nitrogens with two attached hydrogens (primary N) is 1. The first-order chi connectivity index (χ1) is 13.0. The van der Waals surface area contributed by atoms with E-state index in [0.717, 1.165) is 10.6 Å². The van der Waals surface area contributed by atoms with Crippen LogP contribution in [0.2, 0.25) is 0 Å². The SMILES string of the molecule is COc1ccc(C(=O)NNc2ncnc(Nc3nc(C)c(C)s3)c2N)cc1. The lowest BCUT2D eigenvalue weighted by atomic mass is 10.2. The summed E-state index contributed by atoms with van der Waals surface area (Å²) in [5.74, 6) is 1.01. The van der Waals surface area contributed by atoms with Gasteiger partial charge in [-0.2, -0.15) is 0 Å². The Morgan fingerprint density at radius 3 is 2.48 bits per heavy atom. The predicted molar refractivity (Wildman–Crippen MR) is 105 cm³/mol. The summed E-state index contributed by atoms with van der Waals surface area (Å²) in [6.45, 7) is 3.92. The number of rotatable bonds is 6. The second kappa shape index (κ2) is 7.87. The fraction of sp³-hybridized carbons (Fsp3) is 0.176. The molecule has 140 valence electrons. The number of nitrogens with one attached hydrogen (secondary N) is 3. The molecule has 27 heavy (non-hydrogen) atoms. The molecule has 3 rings (SSSR count). The van der Waals surface area contributed by atoms with Crippen LogP contribution in [0.4, 0.5) is 22.5 Å². The first-order valence-electron chi connectivity index (χ1n) is 8.00. The molecule has 1 aromatic carbocycles. The van der Waals surface area contributed by atoms with E-state index in [0.29, 0.717) is 22.3 Å². The summed E-state index contributed by atoms with van der Waals surface area (Å²) >= 11 is 1.50. The van der Waals surface area contributed by atoms with E-state index < -0.39 is 0 Å². The summed E-state index contributed by atoms with van der Waals surface area (Å²) in [4.78, 5) is 25.9. The third kappa shape index (κ3) is 4.23. The first-order valence-corrected chi connectivity index (χ1v) is 8.81. The topological polar surface area (TPSA) is 127 Å². The molecule has 1 amide bonds. The second-order valence-electron chi connectivity index (χ2n) is 5.58. The van der Waals surface area contributed by atoms with Crippen LogP contribution < -0.4 is 26.6 Å². The van der Waals surface area contributed by atoms with Crippen LogP contribution in [0.1, 0.15) is 20.9 Å². The molecule has 0 unspecified atom stereocenters. The third-order valence-electron chi connectivity index (χ3n) is 3.78. The molecular formula is C17H19N7O2S. The van der Waals surface area contributed by atoms with Gasteiger partial charge in [-0.3, -0.25) is 15.6 Å². The normalized spacial score (nSPS) is 10.3. The van der Waals surface area contributed by atoms with Crippen LogP contribution in [0.15, 0.2) is 30.6 Å². The van der Waals surface area contributed by atoms with Crippen molar-refractivity contribution >= 4 is 39.7 Å². The van der Waals surface area contributed by atoms with E-state index in [4.69, 9.17) is 10.5 Å². The Bertz CT molecular complexity index is 937. The molecule has 0 bridgehead atoms. The van der Waals surface area contributed by atoms with Gasteiger partial charge in [-0.05, 0) is 38.1 Å². The Kier molecular flexibility index (Phi) is 5.36. The number of aromatic nitrogens is 3. The highest BCUT2D eigenvalue weighted by molar-refractivity contribution is 7.15. The molecule has 0 radical (unpaired) electrons. The average Bonchev–Trinajstić information content (AvgIpc) is 2.99. The zero-order valence-electron chi connectivity index (χ0n) is 15.0. The van der Waals surface area contributed by atoms with Gasteiger partial charge in [0, 0.05) is 10.4 Å². The molecule has 9 nitrogen and oxygen atoms in total. The number of methoxy groups -OCH3 is 1. The molecule has 10 heteroatoms. The van der Waals surface area contributed by atoms with Crippen molar-refractivity contribution in [2.24, 2.45) is 0 Å². The monoisotopic (exact) mass is 385 g/mol. The predicted octanol–water partition coefficient (Wildman–Crippen LogP) is 2.64. The zero-order valence-corrected chi connectivity index (χ0v) is 15.8. The van der Waals surface area contributed by atoms with Crippen LogP contribution in [-0.4, -0.2) is 28.0 Å². The van der Waals surface area contributed by atoms with Gasteiger partial charge in [0.25, 0.3) is 5.91 Å². The summed E-state index contributed by atoms with van der Waals surface area (Å²) in [5, 5.41) is 3.75. The largest absolute Gasteiger partial charge is 0.497 e. The van der Waals surface area contributed by atoms with Gasteiger partial charge in [-0.25, -0.2) is 15.0 Å². The second-order valence-corrected chi connectivity index (χ2v) is 6.78. The van der Waals surface area contributed by atoms with Crippen molar-refractivity contribution in [3.8, 4) is 5.75 Å². The summed E-state index contributed by atoms with van der Waals surface area (Å²) in [6, 6.07) is 6.71. The molecule has 0 aliphatic carbocycles. The number of carbonyl (C=O) groups is 1. The Morgan fingerprint density at radius 2 is 1.85 bits per heavy atom. The van der Waals surface area contributed by atoms with Gasteiger partial charge >= 0.3 is 0 Å². The van der Waals surface area contributed by atoms with Gasteiger partial charge in [-0.15, -0.1) is 11.3 Å². The molecule has 0 aliphatic heterocycles. The van der Waals surface area contributed by atoms with Crippen LogP contribution in [0.25, 0.3) is 0 Å². The van der Waals surface area contributed by atoms with Gasteiger partial charge < -0.3 is 15.8 Å². The number of hydrazine groups is 1. The minimum atomic E-state index is -0.337. The molecule has 0 aliphatic rings.